The molecule has 2 aromatic heterocycles. The van der Waals surface area contributed by atoms with Gasteiger partial charge in [-0.3, -0.25) is 14.2 Å². The van der Waals surface area contributed by atoms with Crippen molar-refractivity contribution in [1.29, 1.82) is 0 Å². The molecule has 1 fully saturated rings. The van der Waals surface area contributed by atoms with Crippen molar-refractivity contribution in [1.82, 2.24) is 24.2 Å². The van der Waals surface area contributed by atoms with Crippen LogP contribution in [0.1, 0.15) is 40.6 Å². The van der Waals surface area contributed by atoms with Gasteiger partial charge in [0.25, 0.3) is 5.91 Å². The summed E-state index contributed by atoms with van der Waals surface area (Å²) in [6.45, 7) is 1.23. The van der Waals surface area contributed by atoms with Crippen LogP contribution in [0.15, 0.2) is 31.1 Å². The van der Waals surface area contributed by atoms with Gasteiger partial charge in [-0.05, 0) is 24.5 Å². The summed E-state index contributed by atoms with van der Waals surface area (Å²) in [5.41, 5.74) is 5.43. The number of nitrogens with two attached hydrogens (primary N) is 1. The van der Waals surface area contributed by atoms with Gasteiger partial charge in [0.1, 0.15) is 23.5 Å². The molecule has 0 spiro atoms. The zero-order valence-electron chi connectivity index (χ0n) is 20.0. The fourth-order valence-electron chi connectivity index (χ4n) is 4.49. The van der Waals surface area contributed by atoms with Crippen LogP contribution in [0, 0.1) is 17.7 Å². The Morgan fingerprint density at radius 1 is 1.38 bits per heavy atom. The summed E-state index contributed by atoms with van der Waals surface area (Å²) in [6, 6.07) is 1.56. The van der Waals surface area contributed by atoms with Crippen LogP contribution in [0.4, 0.5) is 19.0 Å². The molecule has 13 heteroatoms. The van der Waals surface area contributed by atoms with Gasteiger partial charge in [-0.15, -0.1) is 0 Å². The largest absolute Gasteiger partial charge is 0.383 e. The lowest BCUT2D eigenvalue weighted by molar-refractivity contribution is -0.127. The minimum absolute atomic E-state index is 0.000569. The number of fused-ring (bicyclic) bond motifs is 1. The fraction of sp³-hybridized carbons (Fsp3) is 0.333. The summed E-state index contributed by atoms with van der Waals surface area (Å²) in [6.07, 6.45) is 2.60. The number of benzene rings is 1. The predicted molar refractivity (Wildman–Crippen MR) is 128 cm³/mol. The van der Waals surface area contributed by atoms with Crippen molar-refractivity contribution in [2.45, 2.75) is 25.1 Å². The number of imidazole rings is 1. The second kappa shape index (κ2) is 10.4. The average molecular weight is 515 g/mol. The van der Waals surface area contributed by atoms with E-state index >= 15 is 0 Å². The van der Waals surface area contributed by atoms with Crippen molar-refractivity contribution < 1.29 is 27.5 Å². The Labute approximate surface area is 209 Å². The minimum Gasteiger partial charge on any atom is -0.383 e. The average Bonchev–Trinajstić information content (AvgIpc) is 3.56. The number of amides is 2. The SMILES string of the molecule is C=CC(=O)N1C[C@@H](n2nc(C#Cc3cc4c(cc3F)ncn4C(F)F)c(C(N)=O)c2NC)C[C@@H]1COC. The Kier molecular flexibility index (Phi) is 7.21. The van der Waals surface area contributed by atoms with E-state index in [0.29, 0.717) is 17.6 Å². The molecule has 37 heavy (non-hydrogen) atoms. The molecule has 1 aliphatic heterocycles. The summed E-state index contributed by atoms with van der Waals surface area (Å²) in [5.74, 6) is 3.64. The number of hydrogen-bond acceptors (Lipinski definition) is 6. The van der Waals surface area contributed by atoms with Crippen molar-refractivity contribution in [3.05, 3.63) is 53.8 Å². The lowest BCUT2D eigenvalue weighted by Crippen LogP contribution is -2.37. The smallest absolute Gasteiger partial charge is 0.320 e. The van der Waals surface area contributed by atoms with Gasteiger partial charge >= 0.3 is 6.55 Å². The van der Waals surface area contributed by atoms with Crippen LogP contribution in [0.2, 0.25) is 0 Å². The Bertz CT molecular complexity index is 1440. The van der Waals surface area contributed by atoms with Gasteiger partial charge in [-0.1, -0.05) is 12.5 Å². The molecular weight excluding hydrogens is 491 g/mol. The van der Waals surface area contributed by atoms with Crippen molar-refractivity contribution in [3.63, 3.8) is 0 Å². The van der Waals surface area contributed by atoms with E-state index in [9.17, 15) is 22.8 Å². The molecule has 0 radical (unpaired) electrons. The highest BCUT2D eigenvalue weighted by atomic mass is 19.3. The lowest BCUT2D eigenvalue weighted by atomic mass is 10.1. The molecule has 3 aromatic rings. The third-order valence-electron chi connectivity index (χ3n) is 6.14. The number of halogens is 3. The first-order valence-electron chi connectivity index (χ1n) is 11.2. The maximum atomic E-state index is 14.6. The quantitative estimate of drug-likeness (QED) is 0.368. The molecule has 1 aromatic carbocycles. The zero-order valence-corrected chi connectivity index (χ0v) is 20.0. The van der Waals surface area contributed by atoms with Gasteiger partial charge in [0, 0.05) is 26.8 Å². The maximum Gasteiger partial charge on any atom is 0.320 e. The van der Waals surface area contributed by atoms with Gasteiger partial charge in [0.2, 0.25) is 5.91 Å². The van der Waals surface area contributed by atoms with Gasteiger partial charge in [-0.25, -0.2) is 14.1 Å². The highest BCUT2D eigenvalue weighted by Crippen LogP contribution is 2.32. The van der Waals surface area contributed by atoms with Crippen LogP contribution in [-0.4, -0.2) is 69.4 Å². The number of alkyl halides is 2. The normalized spacial score (nSPS) is 17.2. The number of aromatic nitrogens is 4. The molecule has 0 unspecified atom stereocenters. The number of hydrogen-bond donors (Lipinski definition) is 2. The third kappa shape index (κ3) is 4.75. The summed E-state index contributed by atoms with van der Waals surface area (Å²) >= 11 is 0. The molecular formula is C24H24F3N7O3. The summed E-state index contributed by atoms with van der Waals surface area (Å²) in [4.78, 5) is 30.1. The number of rotatable bonds is 7. The lowest BCUT2D eigenvalue weighted by Gasteiger charge is -2.22. The molecule has 194 valence electrons. The first-order valence-corrected chi connectivity index (χ1v) is 11.2. The predicted octanol–water partition coefficient (Wildman–Crippen LogP) is 2.28. The van der Waals surface area contributed by atoms with E-state index < -0.39 is 18.3 Å². The monoisotopic (exact) mass is 515 g/mol. The number of likely N-dealkylation sites (tertiary alicyclic amines) is 1. The molecule has 10 nitrogen and oxygen atoms in total. The second-order valence-electron chi connectivity index (χ2n) is 8.32. The number of nitrogens with zero attached hydrogens (tertiary/aromatic N) is 5. The summed E-state index contributed by atoms with van der Waals surface area (Å²) in [5, 5.41) is 7.36. The van der Waals surface area contributed by atoms with Gasteiger partial charge < -0.3 is 20.7 Å². The number of primary amides is 1. The number of methoxy groups -OCH3 is 1. The standard InChI is InChI=1S/C24H24F3N7O3/c1-4-20(35)32-10-14(8-15(32)11-37-3)34-23(29-2)21(22(28)36)17(31-34)6-5-13-7-19-18(9-16(13)25)30-12-33(19)24(26)27/h4,7,9,12,14-15,24,29H,1,8,10-11H2,2-3H3,(H2,28,36)/t14-,15+/m0/s1. The first kappa shape index (κ1) is 25.8. The van der Waals surface area contributed by atoms with Crippen LogP contribution in [0.5, 0.6) is 0 Å². The van der Waals surface area contributed by atoms with Crippen molar-refractivity contribution >= 4 is 28.7 Å². The molecule has 3 N–H and O–H groups in total. The molecule has 3 heterocycles. The number of anilines is 1. The Balaban J connectivity index is 1.77. The highest BCUT2D eigenvalue weighted by Gasteiger charge is 2.37. The van der Waals surface area contributed by atoms with Crippen LogP contribution >= 0.6 is 0 Å². The number of ether oxygens (including phenoxy) is 1. The van der Waals surface area contributed by atoms with Gasteiger partial charge in [0.05, 0.1) is 35.3 Å². The van der Waals surface area contributed by atoms with Crippen LogP contribution in [0.25, 0.3) is 11.0 Å². The Hall–Kier alpha value is -4.31. The topological polar surface area (TPSA) is 120 Å². The highest BCUT2D eigenvalue weighted by molar-refractivity contribution is 6.00. The van der Waals surface area contributed by atoms with E-state index in [1.165, 1.54) is 17.9 Å². The number of carbonyl (C=O) groups is 2. The van der Waals surface area contributed by atoms with Crippen molar-refractivity contribution in [2.24, 2.45) is 5.73 Å². The molecule has 2 amide bonds. The molecule has 0 saturated carbocycles. The first-order chi connectivity index (χ1) is 17.7. The zero-order chi connectivity index (χ0) is 26.9. The van der Waals surface area contributed by atoms with Crippen LogP contribution < -0.4 is 11.1 Å². The van der Waals surface area contributed by atoms with Crippen LogP contribution in [0.3, 0.4) is 0 Å². The molecule has 0 aliphatic carbocycles. The van der Waals surface area contributed by atoms with Crippen LogP contribution in [-0.2, 0) is 9.53 Å². The van der Waals surface area contributed by atoms with E-state index in [1.807, 2.05) is 0 Å². The minimum atomic E-state index is -2.87. The van der Waals surface area contributed by atoms with E-state index in [0.717, 1.165) is 18.5 Å². The molecule has 1 aliphatic rings. The summed E-state index contributed by atoms with van der Waals surface area (Å²) in [7, 11) is 3.10. The summed E-state index contributed by atoms with van der Waals surface area (Å²) < 4.78 is 48.5. The molecule has 4 rings (SSSR count). The maximum absolute atomic E-state index is 14.6. The van der Waals surface area contributed by atoms with E-state index in [2.05, 4.69) is 33.8 Å². The molecule has 1 saturated heterocycles. The van der Waals surface area contributed by atoms with E-state index in [1.54, 1.807) is 11.9 Å². The van der Waals surface area contributed by atoms with Gasteiger partial charge in [0.15, 0.2) is 5.69 Å². The Morgan fingerprint density at radius 2 is 2.14 bits per heavy atom. The second-order valence-corrected chi connectivity index (χ2v) is 8.32. The number of nitrogens with one attached hydrogen (secondary N) is 1. The molecule has 2 atom stereocenters. The Morgan fingerprint density at radius 3 is 2.76 bits per heavy atom. The number of carbonyl (C=O) groups excluding carboxylic acids is 2. The fourth-order valence-corrected chi connectivity index (χ4v) is 4.49. The van der Waals surface area contributed by atoms with E-state index in [4.69, 9.17) is 10.5 Å². The third-order valence-corrected chi connectivity index (χ3v) is 6.14. The van der Waals surface area contributed by atoms with Gasteiger partial charge in [-0.2, -0.15) is 13.9 Å². The molecule has 0 bridgehead atoms. The van der Waals surface area contributed by atoms with Crippen molar-refractivity contribution in [2.75, 3.05) is 32.6 Å². The van der Waals surface area contributed by atoms with Crippen molar-refractivity contribution in [3.8, 4) is 11.8 Å². The van der Waals surface area contributed by atoms with E-state index in [-0.39, 0.29) is 58.2 Å².